The van der Waals surface area contributed by atoms with Crippen molar-refractivity contribution in [1.82, 2.24) is 0 Å². The summed E-state index contributed by atoms with van der Waals surface area (Å²) >= 11 is 0. The van der Waals surface area contributed by atoms with Crippen molar-refractivity contribution < 1.29 is 95.2 Å². The summed E-state index contributed by atoms with van der Waals surface area (Å²) in [5.74, 6) is -11.3. The highest BCUT2D eigenvalue weighted by Crippen LogP contribution is 2.64. The van der Waals surface area contributed by atoms with Gasteiger partial charge in [0.2, 0.25) is 15.9 Å². The summed E-state index contributed by atoms with van der Waals surface area (Å²) < 4.78 is 192. The predicted molar refractivity (Wildman–Crippen MR) is 508 cm³/mol. The first-order valence-electron chi connectivity index (χ1n) is 44.8. The molecule has 12 aromatic carbocycles. The molecule has 6 unspecified atom stereocenters. The molecule has 0 aromatic heterocycles. The smallest absolute Gasteiger partial charge is 0.416 e. The SMILES string of the molecule is CC(=O)N=C([O-])C12CC3CC(C1)C(C(=O)OCC(F)C(C)(F)F)C(C3)C2.CC(F)(F)C(F)COC(=O)C1C2CC3CC1CC(C([O-])=NS(C)(=O)=O)(C3)C2.FC(F)(F)c1cccc([S+](c2ccccc2)c2ccccc2)c1.FC(F)(F)c1cccc([S+](c2ccccc2)c2ccccc2)c1.c1ccc([S+](c2ccccc2)c2ccccc2)cc1.c1ccc([S+](c2ccccc2)c2ccccc2)cc1. The van der Waals surface area contributed by atoms with E-state index >= 15 is 0 Å². The number of sulfonamides is 1. The maximum atomic E-state index is 13.4. The largest absolute Gasteiger partial charge is 0.861 e. The van der Waals surface area contributed by atoms with Gasteiger partial charge in [-0.25, -0.2) is 39.8 Å². The molecule has 8 aliphatic carbocycles. The number of esters is 2. The first kappa shape index (κ1) is 103. The minimum Gasteiger partial charge on any atom is -0.861 e. The van der Waals surface area contributed by atoms with Crippen LogP contribution in [0.4, 0.5) is 52.7 Å². The molecule has 0 spiro atoms. The molecule has 0 N–H and O–H groups in total. The fraction of sp³-hybridized carbons (Fsp3) is 0.294. The molecule has 0 saturated heterocycles. The van der Waals surface area contributed by atoms with Gasteiger partial charge >= 0.3 is 24.3 Å². The van der Waals surface area contributed by atoms with Crippen LogP contribution in [-0.2, 0) is 89.8 Å². The zero-order valence-electron chi connectivity index (χ0n) is 75.4. The van der Waals surface area contributed by atoms with Crippen LogP contribution in [0.3, 0.4) is 0 Å². The van der Waals surface area contributed by atoms with E-state index in [-0.39, 0.29) is 57.3 Å². The van der Waals surface area contributed by atoms with Crippen LogP contribution in [0.1, 0.15) is 96.1 Å². The number of carbonyl (C=O) groups excluding carboxylic acids is 3. The molecular weight excluding hydrogens is 1870 g/mol. The molecule has 28 heteroatoms. The van der Waals surface area contributed by atoms with Gasteiger partial charge in [0.05, 0.1) is 72.8 Å². The number of hydrogen-bond acceptors (Lipinski definition) is 9. The van der Waals surface area contributed by atoms with Crippen LogP contribution in [0.2, 0.25) is 0 Å². The van der Waals surface area contributed by atoms with Crippen molar-refractivity contribution in [1.29, 1.82) is 0 Å². The number of alkyl halides is 12. The second-order valence-corrected chi connectivity index (χ2v) is 44.9. The Morgan fingerprint density at radius 3 is 0.766 bits per heavy atom. The average Bonchev–Trinajstić information content (AvgIpc) is 0.724. The predicted octanol–water partition coefficient (Wildman–Crippen LogP) is 25.1. The highest BCUT2D eigenvalue weighted by molar-refractivity contribution is 7.98. The van der Waals surface area contributed by atoms with Crippen molar-refractivity contribution in [2.45, 2.75) is 180 Å². The fourth-order valence-corrected chi connectivity index (χ4v) is 28.4. The van der Waals surface area contributed by atoms with Crippen molar-refractivity contribution in [3.8, 4) is 0 Å². The lowest BCUT2D eigenvalue weighted by Crippen LogP contribution is -2.58. The van der Waals surface area contributed by atoms with Crippen LogP contribution < -0.4 is 10.2 Å². The Labute approximate surface area is 803 Å². The summed E-state index contributed by atoms with van der Waals surface area (Å²) in [6, 6.07) is 114. The van der Waals surface area contributed by atoms with Crippen molar-refractivity contribution in [3.63, 3.8) is 0 Å². The van der Waals surface area contributed by atoms with Crippen molar-refractivity contribution in [2.24, 2.45) is 67.6 Å². The molecule has 12 aromatic rings. The minimum absolute atomic E-state index is 0.0146. The third kappa shape index (κ3) is 27.4. The van der Waals surface area contributed by atoms with E-state index in [1.54, 1.807) is 12.1 Å². The number of hydrogen-bond donors (Lipinski definition) is 0. The number of ether oxygens (including phenoxy) is 2. The topological polar surface area (TPSA) is 175 Å². The molecule has 8 fully saturated rings. The van der Waals surface area contributed by atoms with Gasteiger partial charge in [0.15, 0.2) is 71.1 Å². The molecule has 8 bridgehead atoms. The van der Waals surface area contributed by atoms with E-state index in [4.69, 9.17) is 9.47 Å². The number of rotatable bonds is 23. The quantitative estimate of drug-likeness (QED) is 0.0198. The maximum Gasteiger partial charge on any atom is 0.416 e. The molecule has 20 rings (SSSR count). The molecule has 0 radical (unpaired) electrons. The third-order valence-electron chi connectivity index (χ3n) is 24.9. The molecule has 0 aliphatic heterocycles. The van der Waals surface area contributed by atoms with E-state index in [1.807, 2.05) is 121 Å². The zero-order chi connectivity index (χ0) is 97.9. The second-order valence-electron chi connectivity index (χ2n) is 35.1. The molecule has 716 valence electrons. The van der Waals surface area contributed by atoms with Crippen molar-refractivity contribution in [2.75, 3.05) is 19.5 Å². The van der Waals surface area contributed by atoms with Gasteiger partial charge in [0.25, 0.3) is 11.8 Å². The van der Waals surface area contributed by atoms with Crippen LogP contribution in [0.25, 0.3) is 0 Å². The lowest BCUT2D eigenvalue weighted by molar-refractivity contribution is -0.245. The Balaban J connectivity index is 0.000000139. The van der Waals surface area contributed by atoms with Gasteiger partial charge in [0, 0.05) is 38.3 Å². The first-order chi connectivity index (χ1) is 65.3. The van der Waals surface area contributed by atoms with E-state index in [0.29, 0.717) is 75.0 Å². The van der Waals surface area contributed by atoms with Gasteiger partial charge in [-0.05, 0) is 263 Å². The fourth-order valence-electron chi connectivity index (χ4n) is 19.4. The number of benzene rings is 12. The molecule has 8 aliphatic rings. The number of amides is 1. The van der Waals surface area contributed by atoms with Crippen molar-refractivity contribution in [3.05, 3.63) is 363 Å². The van der Waals surface area contributed by atoms with Crippen molar-refractivity contribution >= 4 is 83.2 Å². The third-order valence-corrected chi connectivity index (χ3v) is 34.3. The molecule has 11 nitrogen and oxygen atoms in total. The summed E-state index contributed by atoms with van der Waals surface area (Å²) in [5.41, 5.74) is -2.80. The van der Waals surface area contributed by atoms with Crippen LogP contribution in [0.5, 0.6) is 0 Å². The van der Waals surface area contributed by atoms with Crippen LogP contribution in [0, 0.1) is 58.2 Å². The summed E-state index contributed by atoms with van der Waals surface area (Å²) in [4.78, 5) is 53.1. The summed E-state index contributed by atoms with van der Waals surface area (Å²) in [6.45, 7) is 0.132. The first-order valence-corrected chi connectivity index (χ1v) is 51.5. The Morgan fingerprint density at radius 2 is 0.562 bits per heavy atom. The van der Waals surface area contributed by atoms with Crippen LogP contribution in [0.15, 0.2) is 420 Å². The summed E-state index contributed by atoms with van der Waals surface area (Å²) in [7, 11) is -4.96. The Bertz CT molecular complexity index is 5540. The summed E-state index contributed by atoms with van der Waals surface area (Å²) in [6.07, 6.45) is -7.27. The van der Waals surface area contributed by atoms with Gasteiger partial charge in [0.1, 0.15) is 13.2 Å². The molecule has 1 amide bonds. The minimum atomic E-state index is -4.33. The average molecular weight is 1970 g/mol. The van der Waals surface area contributed by atoms with E-state index in [0.717, 1.165) is 50.8 Å². The van der Waals surface area contributed by atoms with Crippen LogP contribution in [-0.4, -0.2) is 81.7 Å². The van der Waals surface area contributed by atoms with Gasteiger partial charge in [-0.1, -0.05) is 194 Å². The second kappa shape index (κ2) is 46.0. The summed E-state index contributed by atoms with van der Waals surface area (Å²) in [5, 5.41) is 25.0. The molecule has 0 heterocycles. The van der Waals surface area contributed by atoms with Gasteiger partial charge < -0.3 is 19.7 Å². The molecular formula is C109H104F12N2O9S5+2. The number of carbonyl (C=O) groups is 3. The van der Waals surface area contributed by atoms with E-state index in [1.165, 1.54) is 60.6 Å². The zero-order valence-corrected chi connectivity index (χ0v) is 79.5. The molecule has 8 saturated carbocycles. The maximum absolute atomic E-state index is 13.4. The van der Waals surface area contributed by atoms with Gasteiger partial charge in [-0.15, -0.1) is 0 Å². The molecule has 137 heavy (non-hydrogen) atoms. The lowest BCUT2D eigenvalue weighted by atomic mass is 9.46. The lowest BCUT2D eigenvalue weighted by Gasteiger charge is -2.60. The molecule has 6 atom stereocenters. The standard InChI is InChI=1S/2C19H14F3S.C18H24F3NO4.2C18H15S.C17H24F3NO5S/c2*20-19(21,22)15-8-7-13-18(14-15)23(16-9-3-1-4-10-16)17-11-5-2-6-12-17;1-9(23)22-16(25)18-5-10-3-11(6-18)14(12(4-10)7-18)15(24)26-8-13(19)17(2,20)21;2*1-4-10-16(11-5-1)19(17-12-6-2-7-13-17)18-14-8-3-9-15-18;1-16(19,20)12(18)8-26-14(22)13-10-3-9-4-11(13)7-17(5-9,6-10)15(23)21-27(2,24)25/h2*1-14H;10-14H,3-8H2,1-2H3,(H,22,23,25);2*1-15H;9-13H,3-8H2,1-2H3,(H,21,23)/q2*+1;;2*+1;/p-2. The van der Waals surface area contributed by atoms with E-state index in [2.05, 4.69) is 191 Å². The Morgan fingerprint density at radius 1 is 0.350 bits per heavy atom. The van der Waals surface area contributed by atoms with E-state index in [9.17, 15) is 85.7 Å². The Hall–Kier alpha value is -11.3. The van der Waals surface area contributed by atoms with Crippen LogP contribution >= 0.6 is 0 Å². The number of aliphatic imine (C=N–C) groups is 1. The monoisotopic (exact) mass is 1970 g/mol. The normalized spacial score (nSPS) is 21.3. The van der Waals surface area contributed by atoms with Gasteiger partial charge in [-0.3, -0.25) is 14.4 Å². The highest BCUT2D eigenvalue weighted by Gasteiger charge is 2.60. The van der Waals surface area contributed by atoms with E-state index < -0.39 is 145 Å². The van der Waals surface area contributed by atoms with Gasteiger partial charge in [-0.2, -0.15) is 30.7 Å². The number of nitrogens with zero attached hydrogens (tertiary/aromatic N) is 2. The Kier molecular flexibility index (Phi) is 34.6. The number of halogens is 12. The highest BCUT2D eigenvalue weighted by atomic mass is 32.2.